The molecular weight excluding hydrogens is 438 g/mol. The molecule has 0 amide bonds. The second-order valence-electron chi connectivity index (χ2n) is 7.98. The van der Waals surface area contributed by atoms with E-state index < -0.39 is 0 Å². The number of hydrogen-bond acceptors (Lipinski definition) is 6. The molecule has 2 aliphatic heterocycles. The highest BCUT2D eigenvalue weighted by atomic mass is 35.5. The van der Waals surface area contributed by atoms with Crippen LogP contribution >= 0.6 is 11.6 Å². The molecule has 0 bridgehead atoms. The zero-order chi connectivity index (χ0) is 22.4. The van der Waals surface area contributed by atoms with Gasteiger partial charge in [0.1, 0.15) is 18.2 Å². The van der Waals surface area contributed by atoms with Crippen molar-refractivity contribution in [1.29, 1.82) is 0 Å². The van der Waals surface area contributed by atoms with Crippen molar-refractivity contribution in [2.45, 2.75) is 18.5 Å². The molecule has 1 unspecified atom stereocenters. The number of aromatic amines is 1. The first-order chi connectivity index (χ1) is 16.2. The number of H-pyrrole nitrogens is 1. The van der Waals surface area contributed by atoms with Crippen molar-refractivity contribution in [3.8, 4) is 16.9 Å². The number of nitrogens with zero attached hydrogens (tertiary/aromatic N) is 6. The maximum atomic E-state index is 13.0. The van der Waals surface area contributed by atoms with Gasteiger partial charge in [0.05, 0.1) is 23.6 Å². The van der Waals surface area contributed by atoms with E-state index in [1.807, 2.05) is 67.0 Å². The number of imidazole rings is 1. The van der Waals surface area contributed by atoms with E-state index in [0.29, 0.717) is 11.4 Å². The summed E-state index contributed by atoms with van der Waals surface area (Å²) in [5.74, 6) is 0.925. The molecule has 9 heteroatoms. The fourth-order valence-electron chi connectivity index (χ4n) is 4.44. The molecule has 4 heterocycles. The number of tetrazole rings is 1. The number of ketones is 1. The fourth-order valence-corrected chi connectivity index (χ4v) is 4.62. The Labute approximate surface area is 194 Å². The minimum atomic E-state index is -0.374. The normalized spacial score (nSPS) is 19.6. The second-order valence-corrected chi connectivity index (χ2v) is 8.42. The van der Waals surface area contributed by atoms with Crippen molar-refractivity contribution in [2.24, 2.45) is 0 Å². The Kier molecular flexibility index (Phi) is 4.66. The molecule has 0 radical (unpaired) electrons. The number of hydrogen-bond donors (Lipinski definition) is 1. The van der Waals surface area contributed by atoms with E-state index in [1.165, 1.54) is 6.33 Å². The summed E-state index contributed by atoms with van der Waals surface area (Å²) in [7, 11) is 0. The molecule has 1 fully saturated rings. The average molecular weight is 456 g/mol. The number of nitrogens with one attached hydrogen (secondary N) is 1. The Balaban J connectivity index is 1.32. The first kappa shape index (κ1) is 19.6. The van der Waals surface area contributed by atoms with Gasteiger partial charge in [-0.2, -0.15) is 4.68 Å². The Bertz CT molecular complexity index is 1390. The molecule has 2 atom stereocenters. The number of allylic oxidation sites excluding steroid dienone is 2. The van der Waals surface area contributed by atoms with Gasteiger partial charge in [-0.15, -0.1) is 5.10 Å². The highest BCUT2D eigenvalue weighted by Crippen LogP contribution is 2.39. The van der Waals surface area contributed by atoms with E-state index in [1.54, 1.807) is 10.7 Å². The Hall–Kier alpha value is -4.04. The summed E-state index contributed by atoms with van der Waals surface area (Å²) in [6, 6.07) is 15.0. The number of aromatic nitrogens is 6. The third-order valence-electron chi connectivity index (χ3n) is 6.03. The van der Waals surface area contributed by atoms with Gasteiger partial charge in [-0.25, -0.2) is 4.98 Å². The summed E-state index contributed by atoms with van der Waals surface area (Å²) < 4.78 is 1.58. The van der Waals surface area contributed by atoms with Crippen LogP contribution in [0.5, 0.6) is 0 Å². The van der Waals surface area contributed by atoms with Crippen molar-refractivity contribution in [3.63, 3.8) is 0 Å². The standard InChI is InChI=1S/C24H18ClN7O/c25-17-6-7-20(32-14-27-29-30-32)18(11-17)16-8-9-31-21(10-16)23(33)12-22(31)24-26-13-19(28-24)15-4-2-1-3-5-15/h1-11,13-14,21-22H,12H2,(H,26,28)/t21?,22-/m0/s1. The van der Waals surface area contributed by atoms with Crippen LogP contribution in [-0.4, -0.2) is 46.9 Å². The predicted octanol–water partition coefficient (Wildman–Crippen LogP) is 4.00. The molecular formula is C24H18ClN7O. The van der Waals surface area contributed by atoms with Crippen molar-refractivity contribution in [1.82, 2.24) is 35.1 Å². The maximum absolute atomic E-state index is 13.0. The Morgan fingerprint density at radius 1 is 1.12 bits per heavy atom. The number of carbonyl (C=O) groups is 1. The van der Waals surface area contributed by atoms with Crippen molar-refractivity contribution in [2.75, 3.05) is 0 Å². The fraction of sp³-hybridized carbons (Fsp3) is 0.125. The average Bonchev–Trinajstić information content (AvgIpc) is 3.60. The Morgan fingerprint density at radius 3 is 2.82 bits per heavy atom. The van der Waals surface area contributed by atoms with Crippen LogP contribution in [0.15, 0.2) is 79.4 Å². The number of rotatable bonds is 4. The zero-order valence-electron chi connectivity index (χ0n) is 17.3. The lowest BCUT2D eigenvalue weighted by atomic mass is 9.98. The summed E-state index contributed by atoms with van der Waals surface area (Å²) in [6.07, 6.45) is 9.66. The van der Waals surface area contributed by atoms with Crippen LogP contribution in [0, 0.1) is 0 Å². The lowest BCUT2D eigenvalue weighted by Crippen LogP contribution is -2.30. The van der Waals surface area contributed by atoms with Crippen molar-refractivity contribution < 1.29 is 4.79 Å². The second kappa shape index (κ2) is 7.83. The van der Waals surface area contributed by atoms with Gasteiger partial charge in [-0.3, -0.25) is 4.79 Å². The summed E-state index contributed by atoms with van der Waals surface area (Å²) in [6.45, 7) is 0. The first-order valence-corrected chi connectivity index (χ1v) is 10.9. The van der Waals surface area contributed by atoms with Gasteiger partial charge < -0.3 is 9.88 Å². The number of carbonyl (C=O) groups excluding carboxylic acids is 1. The topological polar surface area (TPSA) is 92.6 Å². The monoisotopic (exact) mass is 455 g/mol. The molecule has 0 aliphatic carbocycles. The molecule has 162 valence electrons. The lowest BCUT2D eigenvalue weighted by Gasteiger charge is -2.28. The first-order valence-electron chi connectivity index (χ1n) is 10.5. The van der Waals surface area contributed by atoms with Gasteiger partial charge in [0.25, 0.3) is 0 Å². The largest absolute Gasteiger partial charge is 0.353 e. The molecule has 33 heavy (non-hydrogen) atoms. The van der Waals surface area contributed by atoms with Gasteiger partial charge in [0.2, 0.25) is 0 Å². The van der Waals surface area contributed by atoms with Crippen LogP contribution in [0.2, 0.25) is 5.02 Å². The number of Topliss-reactive ketones (excluding diaryl/α,β-unsaturated/α-hetero) is 1. The molecule has 0 saturated carbocycles. The molecule has 1 N–H and O–H groups in total. The van der Waals surface area contributed by atoms with Gasteiger partial charge in [0, 0.05) is 23.2 Å². The van der Waals surface area contributed by atoms with Crippen LogP contribution < -0.4 is 0 Å². The van der Waals surface area contributed by atoms with E-state index in [4.69, 9.17) is 11.6 Å². The summed E-state index contributed by atoms with van der Waals surface area (Å²) in [5, 5.41) is 12.1. The molecule has 2 aromatic heterocycles. The highest BCUT2D eigenvalue weighted by Gasteiger charge is 2.41. The predicted molar refractivity (Wildman–Crippen MR) is 123 cm³/mol. The minimum absolute atomic E-state index is 0.144. The van der Waals surface area contributed by atoms with E-state index in [2.05, 4.69) is 30.4 Å². The molecule has 6 rings (SSSR count). The molecule has 1 saturated heterocycles. The van der Waals surface area contributed by atoms with E-state index in [9.17, 15) is 4.79 Å². The number of fused-ring (bicyclic) bond motifs is 1. The van der Waals surface area contributed by atoms with Crippen LogP contribution in [0.1, 0.15) is 23.9 Å². The third-order valence-corrected chi connectivity index (χ3v) is 6.27. The summed E-state index contributed by atoms with van der Waals surface area (Å²) >= 11 is 6.29. The van der Waals surface area contributed by atoms with Crippen molar-refractivity contribution in [3.05, 3.63) is 95.8 Å². The SMILES string of the molecule is O=C1C[C@@H](c2ncc(-c3ccccc3)[nH]2)N2C=CC(c3cc(Cl)ccc3-n3cnnn3)=CC12. The summed E-state index contributed by atoms with van der Waals surface area (Å²) in [5.41, 5.74) is 4.52. The van der Waals surface area contributed by atoms with Gasteiger partial charge >= 0.3 is 0 Å². The molecule has 4 aromatic rings. The number of benzene rings is 2. The molecule has 2 aliphatic rings. The highest BCUT2D eigenvalue weighted by molar-refractivity contribution is 6.30. The zero-order valence-corrected chi connectivity index (χ0v) is 18.1. The van der Waals surface area contributed by atoms with Crippen LogP contribution in [0.25, 0.3) is 22.5 Å². The summed E-state index contributed by atoms with van der Waals surface area (Å²) in [4.78, 5) is 23.0. The van der Waals surface area contributed by atoms with Crippen LogP contribution in [-0.2, 0) is 4.79 Å². The molecule has 2 aromatic carbocycles. The van der Waals surface area contributed by atoms with E-state index >= 15 is 0 Å². The van der Waals surface area contributed by atoms with Gasteiger partial charge in [-0.05, 0) is 51.9 Å². The van der Waals surface area contributed by atoms with Crippen LogP contribution in [0.4, 0.5) is 0 Å². The maximum Gasteiger partial charge on any atom is 0.161 e. The van der Waals surface area contributed by atoms with Gasteiger partial charge in [-0.1, -0.05) is 41.9 Å². The number of halogens is 1. The van der Waals surface area contributed by atoms with E-state index in [-0.39, 0.29) is 17.9 Å². The smallest absolute Gasteiger partial charge is 0.161 e. The molecule has 0 spiro atoms. The molecule has 8 nitrogen and oxygen atoms in total. The van der Waals surface area contributed by atoms with Crippen LogP contribution in [0.3, 0.4) is 0 Å². The van der Waals surface area contributed by atoms with Gasteiger partial charge in [0.15, 0.2) is 5.78 Å². The minimum Gasteiger partial charge on any atom is -0.353 e. The van der Waals surface area contributed by atoms with E-state index in [0.717, 1.165) is 33.9 Å². The third kappa shape index (κ3) is 3.44. The quantitative estimate of drug-likeness (QED) is 0.500. The lowest BCUT2D eigenvalue weighted by molar-refractivity contribution is -0.118. The Morgan fingerprint density at radius 2 is 2.00 bits per heavy atom. The van der Waals surface area contributed by atoms with Crippen molar-refractivity contribution >= 4 is 23.0 Å².